The summed E-state index contributed by atoms with van der Waals surface area (Å²) >= 11 is 0. The minimum absolute atomic E-state index is 0. The van der Waals surface area contributed by atoms with Crippen LogP contribution in [0.1, 0.15) is 0 Å². The van der Waals surface area contributed by atoms with Crippen LogP contribution in [0.3, 0.4) is 0 Å². The topological polar surface area (TPSA) is 0 Å². The van der Waals surface area contributed by atoms with Crippen LogP contribution in [0.5, 0.6) is 0 Å². The molecule has 5 heteroatoms. The molecule has 0 nitrogen and oxygen atoms in total. The standard InChI is InChI=1S/B.Cu.Fe.Mo.Zn. The van der Waals surface area contributed by atoms with Gasteiger partial charge in [0.2, 0.25) is 0 Å². The molecule has 0 fully saturated rings. The van der Waals surface area contributed by atoms with E-state index in [0.717, 1.165) is 0 Å². The quantitative estimate of drug-likeness (QED) is 0.533. The van der Waals surface area contributed by atoms with Crippen molar-refractivity contribution in [3.8, 4) is 0 Å². The zero-order valence-electron chi connectivity index (χ0n) is 2.35. The van der Waals surface area contributed by atoms with Gasteiger partial charge in [-0.2, -0.15) is 0 Å². The molecular weight excluding hydrogens is 292 g/mol. The van der Waals surface area contributed by atoms with Gasteiger partial charge >= 0.3 is 0 Å². The van der Waals surface area contributed by atoms with Crippen molar-refractivity contribution in [3.05, 3.63) is 0 Å². The maximum absolute atomic E-state index is 0. The summed E-state index contributed by atoms with van der Waals surface area (Å²) in [6, 6.07) is 0. The first-order chi connectivity index (χ1) is 0. The molecule has 4 radical (unpaired) electrons. The second-order valence-corrected chi connectivity index (χ2v) is 0. The van der Waals surface area contributed by atoms with Crippen LogP contribution >= 0.6 is 0 Å². The van der Waals surface area contributed by atoms with Crippen LogP contribution in [0.2, 0.25) is 0 Å². The molecule has 30 valence electrons. The second-order valence-electron chi connectivity index (χ2n) is 0. The molecule has 0 N–H and O–H groups in total. The first-order valence-electron chi connectivity index (χ1n) is 0. The summed E-state index contributed by atoms with van der Waals surface area (Å²) in [6.45, 7) is 0. The van der Waals surface area contributed by atoms with Gasteiger partial charge in [0, 0.05) is 83.1 Å². The molecule has 0 aliphatic carbocycles. The number of rotatable bonds is 0. The van der Waals surface area contributed by atoms with Crippen LogP contribution < -0.4 is 0 Å². The van der Waals surface area contributed by atoms with Crippen molar-refractivity contribution < 1.29 is 74.7 Å². The normalized spacial score (nSPS) is 0. The van der Waals surface area contributed by atoms with Crippen molar-refractivity contribution in [2.45, 2.75) is 0 Å². The first kappa shape index (κ1) is 52.3. The molecule has 0 aliphatic heterocycles. The summed E-state index contributed by atoms with van der Waals surface area (Å²) in [4.78, 5) is 0. The van der Waals surface area contributed by atoms with Gasteiger partial charge in [0.15, 0.2) is 0 Å². The Labute approximate surface area is 82.2 Å². The van der Waals surface area contributed by atoms with Crippen LogP contribution in [0.25, 0.3) is 0 Å². The Balaban J connectivity index is 0. The zero-order valence-corrected chi connectivity index (χ0v) is 9.37. The average Bonchev–Trinajstić information content (AvgIpc) is 0. The Kier molecular flexibility index (Phi) is 337. The van der Waals surface area contributed by atoms with E-state index in [1.165, 1.54) is 0 Å². The van der Waals surface area contributed by atoms with E-state index >= 15 is 0 Å². The molecule has 0 unspecified atom stereocenters. The van der Waals surface area contributed by atoms with E-state index in [1.807, 2.05) is 0 Å². The van der Waals surface area contributed by atoms with Crippen molar-refractivity contribution in [3.63, 3.8) is 0 Å². The van der Waals surface area contributed by atoms with Gasteiger partial charge in [-0.05, 0) is 0 Å². The van der Waals surface area contributed by atoms with E-state index in [4.69, 9.17) is 0 Å². The predicted octanol–water partition coefficient (Wildman–Crippen LogP) is -0.391. The van der Waals surface area contributed by atoms with Crippen LogP contribution in [0.15, 0.2) is 0 Å². The van der Waals surface area contributed by atoms with Crippen molar-refractivity contribution >= 4 is 8.41 Å². The predicted molar refractivity (Wildman–Crippen MR) is 5.75 cm³/mol. The fraction of sp³-hybridized carbons (Fsp3) is 0. The largest absolute Gasteiger partial charge is 0 e. The maximum atomic E-state index is 0. The molecule has 0 spiro atoms. The third-order valence-corrected chi connectivity index (χ3v) is 0. The summed E-state index contributed by atoms with van der Waals surface area (Å²) in [7, 11) is 0. The third-order valence-electron chi connectivity index (χ3n) is 0. The van der Waals surface area contributed by atoms with Crippen LogP contribution in [0, 0.1) is 0 Å². The molecule has 0 amide bonds. The van der Waals surface area contributed by atoms with Crippen LogP contribution in [0.4, 0.5) is 0 Å². The smallest absolute Gasteiger partial charge is 0 e. The molecule has 0 aromatic rings. The fourth-order valence-corrected chi connectivity index (χ4v) is 0. The summed E-state index contributed by atoms with van der Waals surface area (Å²) < 4.78 is 0. The van der Waals surface area contributed by atoms with E-state index in [0.29, 0.717) is 0 Å². The minimum atomic E-state index is 0. The SMILES string of the molecule is [B].[Cu].[Fe].[Mo].[Zn]. The van der Waals surface area contributed by atoms with E-state index in [9.17, 15) is 0 Å². The van der Waals surface area contributed by atoms with Gasteiger partial charge in [-0.3, -0.25) is 0 Å². The molecule has 0 saturated carbocycles. The van der Waals surface area contributed by atoms with Gasteiger partial charge in [0.1, 0.15) is 0 Å². The van der Waals surface area contributed by atoms with Crippen molar-refractivity contribution in [2.75, 3.05) is 0 Å². The van der Waals surface area contributed by atoms with Gasteiger partial charge in [-0.1, -0.05) is 0 Å². The molecular formula is BCuFeMoZn. The fourth-order valence-electron chi connectivity index (χ4n) is 0. The molecule has 0 saturated heterocycles. The number of hydrogen-bond acceptors (Lipinski definition) is 0. The Morgan fingerprint density at radius 1 is 1.00 bits per heavy atom. The van der Waals surface area contributed by atoms with Crippen molar-refractivity contribution in [1.29, 1.82) is 0 Å². The maximum Gasteiger partial charge on any atom is 0 e. The van der Waals surface area contributed by atoms with Gasteiger partial charge in [-0.25, -0.2) is 0 Å². The van der Waals surface area contributed by atoms with Crippen LogP contribution in [-0.4, -0.2) is 8.41 Å². The van der Waals surface area contributed by atoms with Gasteiger partial charge < -0.3 is 0 Å². The van der Waals surface area contributed by atoms with Gasteiger partial charge in [0.25, 0.3) is 0 Å². The van der Waals surface area contributed by atoms with Crippen LogP contribution in [-0.2, 0) is 74.7 Å². The number of hydrogen-bond donors (Lipinski definition) is 0. The van der Waals surface area contributed by atoms with Crippen molar-refractivity contribution in [2.24, 2.45) is 0 Å². The minimum Gasteiger partial charge on any atom is 0 e. The summed E-state index contributed by atoms with van der Waals surface area (Å²) in [5.41, 5.74) is 0. The molecule has 0 atom stereocenters. The van der Waals surface area contributed by atoms with Gasteiger partial charge in [0.05, 0.1) is 0 Å². The van der Waals surface area contributed by atoms with Gasteiger partial charge in [-0.15, -0.1) is 0 Å². The molecule has 0 bridgehead atoms. The summed E-state index contributed by atoms with van der Waals surface area (Å²) in [5, 5.41) is 0. The van der Waals surface area contributed by atoms with E-state index in [1.54, 1.807) is 0 Å². The van der Waals surface area contributed by atoms with E-state index in [-0.39, 0.29) is 83.1 Å². The Bertz CT molecular complexity index is 11.6. The Morgan fingerprint density at radius 3 is 1.00 bits per heavy atom. The van der Waals surface area contributed by atoms with E-state index < -0.39 is 0 Å². The summed E-state index contributed by atoms with van der Waals surface area (Å²) in [6.07, 6.45) is 0. The molecule has 0 rings (SSSR count). The Hall–Kier alpha value is 2.42. The van der Waals surface area contributed by atoms with E-state index in [2.05, 4.69) is 0 Å². The second kappa shape index (κ2) is 32.2. The zero-order chi connectivity index (χ0) is 0. The molecule has 5 heavy (non-hydrogen) atoms. The monoisotopic (exact) mass is 292 g/mol. The summed E-state index contributed by atoms with van der Waals surface area (Å²) in [5.74, 6) is 0. The first-order valence-corrected chi connectivity index (χ1v) is 0. The molecule has 0 aromatic carbocycles. The molecule has 0 heterocycles. The Morgan fingerprint density at radius 2 is 1.00 bits per heavy atom. The average molecular weight is 292 g/mol. The molecule has 0 aliphatic rings. The molecule has 0 aromatic heterocycles. The van der Waals surface area contributed by atoms with Crippen molar-refractivity contribution in [1.82, 2.24) is 0 Å². The third kappa shape index (κ3) is 21.4.